The molecule has 0 aliphatic heterocycles. The molecule has 0 saturated carbocycles. The minimum absolute atomic E-state index is 0.0900. The predicted octanol–water partition coefficient (Wildman–Crippen LogP) is 4.59. The number of carbonyl (C=O) groups is 1. The highest BCUT2D eigenvalue weighted by Gasteiger charge is 2.03. The Hall–Kier alpha value is -1.45. The minimum atomic E-state index is 0.0900. The summed E-state index contributed by atoms with van der Waals surface area (Å²) in [5, 5.41) is 3.74. The zero-order chi connectivity index (χ0) is 15.8. The van der Waals surface area contributed by atoms with E-state index in [1.54, 1.807) is 11.8 Å². The number of amides is 1. The first-order valence-electron chi connectivity index (χ1n) is 7.28. The Balaban J connectivity index is 1.64. The Morgan fingerprint density at radius 3 is 2.59 bits per heavy atom. The van der Waals surface area contributed by atoms with E-state index in [1.165, 1.54) is 5.56 Å². The Bertz CT molecular complexity index is 613. The summed E-state index contributed by atoms with van der Waals surface area (Å²) in [5.41, 5.74) is 3.47. The lowest BCUT2D eigenvalue weighted by atomic mass is 10.1. The van der Waals surface area contributed by atoms with Crippen molar-refractivity contribution in [2.45, 2.75) is 25.6 Å². The Morgan fingerprint density at radius 1 is 1.14 bits per heavy atom. The lowest BCUT2D eigenvalue weighted by molar-refractivity contribution is -0.120. The summed E-state index contributed by atoms with van der Waals surface area (Å²) in [6, 6.07) is 16.0. The van der Waals surface area contributed by atoms with E-state index in [2.05, 4.69) is 24.4 Å². The molecule has 0 saturated heterocycles. The van der Waals surface area contributed by atoms with Crippen molar-refractivity contribution in [2.24, 2.45) is 0 Å². The molecule has 0 unspecified atom stereocenters. The molecule has 2 aromatic rings. The number of thioether (sulfide) groups is 1. The van der Waals surface area contributed by atoms with Crippen LogP contribution in [0.3, 0.4) is 0 Å². The highest BCUT2D eigenvalue weighted by molar-refractivity contribution is 7.98. The Kier molecular flexibility index (Phi) is 6.81. The van der Waals surface area contributed by atoms with E-state index >= 15 is 0 Å². The van der Waals surface area contributed by atoms with Gasteiger partial charge in [-0.15, -0.1) is 0 Å². The van der Waals surface area contributed by atoms with Crippen LogP contribution in [0.25, 0.3) is 0 Å². The van der Waals surface area contributed by atoms with E-state index in [0.29, 0.717) is 13.0 Å². The van der Waals surface area contributed by atoms with Gasteiger partial charge in [-0.3, -0.25) is 4.79 Å². The van der Waals surface area contributed by atoms with Crippen molar-refractivity contribution in [3.8, 4) is 0 Å². The standard InChI is InChI=1S/C18H20ClNOS/c1-14-6-8-15(9-7-14)12-20-18(21)10-11-22-13-16-4-2-3-5-17(16)19/h2-9H,10-13H2,1H3,(H,20,21). The largest absolute Gasteiger partial charge is 0.352 e. The number of benzene rings is 2. The van der Waals surface area contributed by atoms with Crippen molar-refractivity contribution in [1.29, 1.82) is 0 Å². The van der Waals surface area contributed by atoms with Gasteiger partial charge in [0.2, 0.25) is 5.91 Å². The van der Waals surface area contributed by atoms with E-state index in [-0.39, 0.29) is 5.91 Å². The number of rotatable bonds is 7. The van der Waals surface area contributed by atoms with Crippen molar-refractivity contribution in [3.63, 3.8) is 0 Å². The molecule has 0 spiro atoms. The molecule has 0 aromatic heterocycles. The molecule has 0 bridgehead atoms. The van der Waals surface area contributed by atoms with E-state index in [4.69, 9.17) is 11.6 Å². The average Bonchev–Trinajstić information content (AvgIpc) is 2.52. The zero-order valence-electron chi connectivity index (χ0n) is 12.6. The second kappa shape index (κ2) is 8.86. The van der Waals surface area contributed by atoms with Crippen LogP contribution in [0.2, 0.25) is 5.02 Å². The molecule has 0 atom stereocenters. The maximum absolute atomic E-state index is 11.8. The van der Waals surface area contributed by atoms with Crippen molar-refractivity contribution in [2.75, 3.05) is 5.75 Å². The van der Waals surface area contributed by atoms with Gasteiger partial charge in [0.1, 0.15) is 0 Å². The quantitative estimate of drug-likeness (QED) is 0.751. The number of hydrogen-bond acceptors (Lipinski definition) is 2. The third-order valence-electron chi connectivity index (χ3n) is 3.30. The molecule has 0 aliphatic carbocycles. The predicted molar refractivity (Wildman–Crippen MR) is 95.3 cm³/mol. The normalized spacial score (nSPS) is 10.5. The summed E-state index contributed by atoms with van der Waals surface area (Å²) >= 11 is 7.83. The molecule has 4 heteroatoms. The molecular formula is C18H20ClNOS. The molecule has 22 heavy (non-hydrogen) atoms. The Morgan fingerprint density at radius 2 is 1.86 bits per heavy atom. The van der Waals surface area contributed by atoms with E-state index < -0.39 is 0 Å². The first kappa shape index (κ1) is 16.9. The van der Waals surface area contributed by atoms with E-state index in [0.717, 1.165) is 27.7 Å². The molecule has 116 valence electrons. The first-order valence-corrected chi connectivity index (χ1v) is 8.82. The monoisotopic (exact) mass is 333 g/mol. The van der Waals surface area contributed by atoms with Gasteiger partial charge in [0.15, 0.2) is 0 Å². The maximum atomic E-state index is 11.8. The third kappa shape index (κ3) is 5.74. The van der Waals surface area contributed by atoms with Gasteiger partial charge in [0, 0.05) is 29.5 Å². The van der Waals surface area contributed by atoms with Crippen LogP contribution in [0.5, 0.6) is 0 Å². The lowest BCUT2D eigenvalue weighted by Gasteiger charge is -2.06. The molecule has 2 nitrogen and oxygen atoms in total. The first-order chi connectivity index (χ1) is 10.6. The average molecular weight is 334 g/mol. The number of aryl methyl sites for hydroxylation is 1. The van der Waals surface area contributed by atoms with E-state index in [1.807, 2.05) is 36.4 Å². The molecule has 2 rings (SSSR count). The molecule has 2 aromatic carbocycles. The van der Waals surface area contributed by atoms with Crippen molar-refractivity contribution >= 4 is 29.3 Å². The third-order valence-corrected chi connectivity index (χ3v) is 4.68. The van der Waals surface area contributed by atoms with Gasteiger partial charge in [-0.1, -0.05) is 59.6 Å². The minimum Gasteiger partial charge on any atom is -0.352 e. The van der Waals surface area contributed by atoms with Crippen LogP contribution in [0.4, 0.5) is 0 Å². The topological polar surface area (TPSA) is 29.1 Å². The summed E-state index contributed by atoms with van der Waals surface area (Å²) in [7, 11) is 0. The van der Waals surface area contributed by atoms with Gasteiger partial charge >= 0.3 is 0 Å². The molecule has 1 N–H and O–H groups in total. The lowest BCUT2D eigenvalue weighted by Crippen LogP contribution is -2.22. The van der Waals surface area contributed by atoms with Gasteiger partial charge in [0.05, 0.1) is 0 Å². The van der Waals surface area contributed by atoms with Crippen LogP contribution in [-0.4, -0.2) is 11.7 Å². The number of halogens is 1. The summed E-state index contributed by atoms with van der Waals surface area (Å²) in [6.45, 7) is 2.65. The maximum Gasteiger partial charge on any atom is 0.221 e. The fourth-order valence-corrected chi connectivity index (χ4v) is 3.18. The van der Waals surface area contributed by atoms with Crippen LogP contribution in [0.15, 0.2) is 48.5 Å². The van der Waals surface area contributed by atoms with Crippen molar-refractivity contribution in [3.05, 3.63) is 70.2 Å². The molecule has 1 amide bonds. The molecule has 0 aliphatic rings. The fraction of sp³-hybridized carbons (Fsp3) is 0.278. The van der Waals surface area contributed by atoms with Crippen LogP contribution < -0.4 is 5.32 Å². The van der Waals surface area contributed by atoms with Crippen molar-refractivity contribution < 1.29 is 4.79 Å². The zero-order valence-corrected chi connectivity index (χ0v) is 14.2. The Labute approximate surface area is 141 Å². The second-order valence-corrected chi connectivity index (χ2v) is 6.67. The van der Waals surface area contributed by atoms with Crippen LogP contribution in [0.1, 0.15) is 23.1 Å². The van der Waals surface area contributed by atoms with Crippen LogP contribution in [-0.2, 0) is 17.1 Å². The molecular weight excluding hydrogens is 314 g/mol. The molecule has 0 fully saturated rings. The number of hydrogen-bond donors (Lipinski definition) is 1. The highest BCUT2D eigenvalue weighted by atomic mass is 35.5. The summed E-state index contributed by atoms with van der Waals surface area (Å²) in [5.74, 6) is 1.72. The number of nitrogens with one attached hydrogen (secondary N) is 1. The highest BCUT2D eigenvalue weighted by Crippen LogP contribution is 2.20. The fourth-order valence-electron chi connectivity index (χ4n) is 1.96. The summed E-state index contributed by atoms with van der Waals surface area (Å²) in [4.78, 5) is 11.8. The van der Waals surface area contributed by atoms with E-state index in [9.17, 15) is 4.79 Å². The van der Waals surface area contributed by atoms with Gasteiger partial charge in [0.25, 0.3) is 0 Å². The van der Waals surface area contributed by atoms with Gasteiger partial charge in [-0.05, 0) is 24.1 Å². The van der Waals surface area contributed by atoms with Gasteiger partial charge < -0.3 is 5.32 Å². The smallest absolute Gasteiger partial charge is 0.221 e. The van der Waals surface area contributed by atoms with Crippen molar-refractivity contribution in [1.82, 2.24) is 5.32 Å². The second-order valence-electron chi connectivity index (χ2n) is 5.16. The summed E-state index contributed by atoms with van der Waals surface area (Å²) < 4.78 is 0. The SMILES string of the molecule is Cc1ccc(CNC(=O)CCSCc2ccccc2Cl)cc1. The van der Waals surface area contributed by atoms with Gasteiger partial charge in [-0.2, -0.15) is 11.8 Å². The molecule has 0 heterocycles. The number of carbonyl (C=O) groups excluding carboxylic acids is 1. The summed E-state index contributed by atoms with van der Waals surface area (Å²) in [6.07, 6.45) is 0.529. The molecule has 0 radical (unpaired) electrons. The van der Waals surface area contributed by atoms with Crippen LogP contribution in [0, 0.1) is 6.92 Å². The van der Waals surface area contributed by atoms with Gasteiger partial charge in [-0.25, -0.2) is 0 Å². The van der Waals surface area contributed by atoms with Crippen LogP contribution >= 0.6 is 23.4 Å².